The predicted octanol–water partition coefficient (Wildman–Crippen LogP) is 15.9. The molecule has 0 fully saturated rings. The molecule has 2 heterocycles. The minimum absolute atomic E-state index is 0. The van der Waals surface area contributed by atoms with E-state index in [9.17, 15) is 0 Å². The summed E-state index contributed by atoms with van der Waals surface area (Å²) in [4.78, 5) is 9.57. The fraction of sp³-hybridized carbons (Fsp3) is 0.0678. The maximum absolute atomic E-state index is 4.80. The molecule has 0 N–H and O–H groups in total. The molecule has 1 aliphatic heterocycles. The molecular formula is C59H47AuN3-2. The number of aryl methyl sites for hydroxylation is 4. The third kappa shape index (κ3) is 7.92. The van der Waals surface area contributed by atoms with Gasteiger partial charge in [0.25, 0.3) is 0 Å². The smallest absolute Gasteiger partial charge is 0.0345 e. The van der Waals surface area contributed by atoms with Crippen molar-refractivity contribution in [2.24, 2.45) is 0 Å². The van der Waals surface area contributed by atoms with Crippen LogP contribution in [0.15, 0.2) is 206 Å². The largest absolute Gasteiger partial charge is 0.656 e. The van der Waals surface area contributed by atoms with E-state index in [1.54, 1.807) is 0 Å². The number of hydrogen-bond donors (Lipinski definition) is 0. The van der Waals surface area contributed by atoms with Crippen molar-refractivity contribution in [2.75, 3.05) is 9.80 Å². The van der Waals surface area contributed by atoms with Crippen molar-refractivity contribution in [2.45, 2.75) is 27.7 Å². The minimum Gasteiger partial charge on any atom is -0.656 e. The summed E-state index contributed by atoms with van der Waals surface area (Å²) in [5.74, 6) is 0. The summed E-state index contributed by atoms with van der Waals surface area (Å²) in [6.07, 6.45) is 0. The number of para-hydroxylation sites is 4. The first-order valence-electron chi connectivity index (χ1n) is 21.4. The number of anilines is 4. The van der Waals surface area contributed by atoms with Gasteiger partial charge in [-0.25, -0.2) is 0 Å². The molecule has 311 valence electrons. The zero-order valence-corrected chi connectivity index (χ0v) is 38.0. The molecule has 3 nitrogen and oxygen atoms in total. The normalized spacial score (nSPS) is 11.9. The van der Waals surface area contributed by atoms with Crippen LogP contribution in [0.3, 0.4) is 0 Å². The fourth-order valence-electron chi connectivity index (χ4n) is 9.22. The van der Waals surface area contributed by atoms with Gasteiger partial charge in [-0.15, -0.1) is 17.7 Å². The average molecular weight is 995 g/mol. The van der Waals surface area contributed by atoms with E-state index in [2.05, 4.69) is 250 Å². The fourth-order valence-corrected chi connectivity index (χ4v) is 9.22. The van der Waals surface area contributed by atoms with Gasteiger partial charge < -0.3 is 14.8 Å². The van der Waals surface area contributed by atoms with Crippen LogP contribution in [0, 0.1) is 34.4 Å². The summed E-state index contributed by atoms with van der Waals surface area (Å²) >= 11 is 0. The van der Waals surface area contributed by atoms with Crippen LogP contribution in [0.4, 0.5) is 22.7 Å². The number of fused-ring (bicyclic) bond motifs is 4. The van der Waals surface area contributed by atoms with Crippen molar-refractivity contribution in [3.63, 3.8) is 0 Å². The van der Waals surface area contributed by atoms with Crippen LogP contribution in [-0.2, 0) is 22.4 Å². The number of rotatable bonds is 6. The Balaban J connectivity index is 0.000000234. The number of hydrogen-bond acceptors (Lipinski definition) is 2. The van der Waals surface area contributed by atoms with Crippen molar-refractivity contribution in [3.8, 4) is 44.5 Å². The molecule has 10 aromatic rings. The minimum atomic E-state index is 0. The van der Waals surface area contributed by atoms with Gasteiger partial charge in [-0.3, -0.25) is 0 Å². The number of nitrogens with zero attached hydrogens (tertiary/aromatic N) is 3. The van der Waals surface area contributed by atoms with Crippen molar-refractivity contribution in [3.05, 3.63) is 235 Å². The average Bonchev–Trinajstić information content (AvgIpc) is 3.89. The van der Waals surface area contributed by atoms with E-state index in [0.29, 0.717) is 0 Å². The zero-order chi connectivity index (χ0) is 42.2. The first-order chi connectivity index (χ1) is 30.4. The third-order valence-electron chi connectivity index (χ3n) is 11.9. The summed E-state index contributed by atoms with van der Waals surface area (Å²) in [5.41, 5.74) is 21.5. The molecule has 11 rings (SSSR count). The standard InChI is InChI=1S/C43H31N2.C16H16N.Au/c1-5-17-32(18-6-1)36-25-15-26-37(33-19-7-2-8-20-33)42(36)44-31-45(41-30-14-13-29-40(41)44)43-38(34-21-9-3-10-22-34)27-16-28-39(43)35-23-11-4-12-24-35;1-9-5-11(3)15-13(7-9)14-8-10(2)6-12(4)16(14)17-15;/h1-31H;5-8H,1-4H3;/q2*-1;. The summed E-state index contributed by atoms with van der Waals surface area (Å²) < 4.78 is 0. The van der Waals surface area contributed by atoms with Gasteiger partial charge in [-0.1, -0.05) is 216 Å². The Hall–Kier alpha value is -6.88. The second kappa shape index (κ2) is 17.8. The maximum Gasteiger partial charge on any atom is 0.0345 e. The summed E-state index contributed by atoms with van der Waals surface area (Å²) in [6.45, 7) is 10.9. The Bertz CT molecular complexity index is 2860. The molecule has 0 unspecified atom stereocenters. The molecule has 9 aromatic carbocycles. The van der Waals surface area contributed by atoms with Gasteiger partial charge in [-0.05, 0) is 72.9 Å². The molecule has 0 aliphatic carbocycles. The summed E-state index contributed by atoms with van der Waals surface area (Å²) in [7, 11) is 0. The molecule has 1 radical (unpaired) electrons. The van der Waals surface area contributed by atoms with Crippen LogP contribution >= 0.6 is 0 Å². The van der Waals surface area contributed by atoms with Crippen LogP contribution < -0.4 is 14.8 Å². The first kappa shape index (κ1) is 41.5. The van der Waals surface area contributed by atoms with Crippen molar-refractivity contribution < 1.29 is 22.4 Å². The van der Waals surface area contributed by atoms with Crippen molar-refractivity contribution in [1.82, 2.24) is 4.98 Å². The monoisotopic (exact) mass is 994 g/mol. The van der Waals surface area contributed by atoms with Crippen LogP contribution in [-0.4, -0.2) is 0 Å². The van der Waals surface area contributed by atoms with Gasteiger partial charge in [0.1, 0.15) is 0 Å². The van der Waals surface area contributed by atoms with E-state index in [1.165, 1.54) is 77.5 Å². The Morgan fingerprint density at radius 1 is 0.349 bits per heavy atom. The topological polar surface area (TPSA) is 20.6 Å². The molecule has 63 heavy (non-hydrogen) atoms. The molecule has 1 aromatic heterocycles. The molecular weight excluding hydrogens is 948 g/mol. The van der Waals surface area contributed by atoms with Crippen LogP contribution in [0.1, 0.15) is 22.3 Å². The Labute approximate surface area is 386 Å². The van der Waals surface area contributed by atoms with Gasteiger partial charge in [-0.2, -0.15) is 0 Å². The van der Waals surface area contributed by atoms with Gasteiger partial charge in [0.15, 0.2) is 0 Å². The molecule has 0 saturated heterocycles. The first-order valence-corrected chi connectivity index (χ1v) is 21.4. The second-order valence-corrected chi connectivity index (χ2v) is 16.3. The van der Waals surface area contributed by atoms with Crippen molar-refractivity contribution >= 4 is 44.6 Å². The van der Waals surface area contributed by atoms with Crippen molar-refractivity contribution in [1.29, 1.82) is 0 Å². The van der Waals surface area contributed by atoms with Gasteiger partial charge >= 0.3 is 0 Å². The van der Waals surface area contributed by atoms with Gasteiger partial charge in [0, 0.05) is 67.4 Å². The number of aromatic nitrogens is 1. The number of benzene rings is 9. The van der Waals surface area contributed by atoms with Gasteiger partial charge in [0.2, 0.25) is 0 Å². The molecule has 0 bridgehead atoms. The van der Waals surface area contributed by atoms with Gasteiger partial charge in [0.05, 0.1) is 0 Å². The second-order valence-electron chi connectivity index (χ2n) is 16.3. The molecule has 0 atom stereocenters. The van der Waals surface area contributed by atoms with Crippen LogP contribution in [0.25, 0.3) is 66.3 Å². The zero-order valence-electron chi connectivity index (χ0n) is 35.9. The Morgan fingerprint density at radius 2 is 0.651 bits per heavy atom. The molecule has 4 heteroatoms. The molecule has 0 spiro atoms. The van der Waals surface area contributed by atoms with E-state index >= 15 is 0 Å². The van der Waals surface area contributed by atoms with Crippen LogP contribution in [0.2, 0.25) is 0 Å². The van der Waals surface area contributed by atoms with E-state index in [0.717, 1.165) is 33.8 Å². The Morgan fingerprint density at radius 3 is 0.968 bits per heavy atom. The molecule has 0 amide bonds. The Kier molecular flexibility index (Phi) is 11.7. The maximum atomic E-state index is 4.80. The predicted molar refractivity (Wildman–Crippen MR) is 263 cm³/mol. The quantitative estimate of drug-likeness (QED) is 0.122. The van der Waals surface area contributed by atoms with E-state index < -0.39 is 0 Å². The van der Waals surface area contributed by atoms with E-state index in [-0.39, 0.29) is 22.4 Å². The van der Waals surface area contributed by atoms with E-state index in [1.807, 2.05) is 0 Å². The summed E-state index contributed by atoms with van der Waals surface area (Å²) in [5, 5.41) is 2.59. The molecule has 1 aliphatic rings. The summed E-state index contributed by atoms with van der Waals surface area (Å²) in [6, 6.07) is 73.8. The van der Waals surface area contributed by atoms with E-state index in [4.69, 9.17) is 4.98 Å². The van der Waals surface area contributed by atoms with Crippen LogP contribution in [0.5, 0.6) is 0 Å². The SMILES string of the molecule is Cc1cc(C)c2[n-]c3c(C)cc(C)cc3c2c1.[Au].c1ccc(-c2cccc(-c3ccccc3)c2N2[CH-]N(c3c(-c4ccccc4)cccc3-c3ccccc3)c3ccccc32)cc1. The molecule has 0 saturated carbocycles. The third-order valence-corrected chi connectivity index (χ3v) is 11.9.